The minimum atomic E-state index is -0.277. The topological polar surface area (TPSA) is 50.7 Å². The fourth-order valence-corrected chi connectivity index (χ4v) is 1.41. The predicted octanol–water partition coefficient (Wildman–Crippen LogP) is 3.01. The summed E-state index contributed by atoms with van der Waals surface area (Å²) in [5, 5.41) is 4.59. The second-order valence-corrected chi connectivity index (χ2v) is 4.31. The monoisotopic (exact) mass is 268 g/mol. The fraction of sp³-hybridized carbons (Fsp3) is 0.385. The van der Waals surface area contributed by atoms with Gasteiger partial charge in [-0.2, -0.15) is 5.10 Å². The number of rotatable bonds is 6. The van der Waals surface area contributed by atoms with E-state index < -0.39 is 0 Å². The third-order valence-corrected chi connectivity index (χ3v) is 2.42. The van der Waals surface area contributed by atoms with Crippen LogP contribution in [-0.2, 0) is 4.79 Å². The minimum Gasteiger partial charge on any atom is -0.484 e. The second-order valence-electron chi connectivity index (χ2n) is 3.87. The van der Waals surface area contributed by atoms with E-state index in [0.29, 0.717) is 10.8 Å². The number of hydrogen-bond acceptors (Lipinski definition) is 3. The Hall–Kier alpha value is -1.55. The summed E-state index contributed by atoms with van der Waals surface area (Å²) in [5.41, 5.74) is 3.35. The summed E-state index contributed by atoms with van der Waals surface area (Å²) >= 11 is 5.74. The Bertz CT molecular complexity index is 416. The quantitative estimate of drug-likeness (QED) is 0.637. The van der Waals surface area contributed by atoms with Gasteiger partial charge in [-0.3, -0.25) is 4.79 Å². The number of nitrogens with zero attached hydrogens (tertiary/aromatic N) is 1. The molecule has 0 bridgehead atoms. The van der Waals surface area contributed by atoms with Gasteiger partial charge < -0.3 is 4.74 Å². The first-order valence-electron chi connectivity index (χ1n) is 5.82. The molecule has 98 valence electrons. The molecule has 0 heterocycles. The van der Waals surface area contributed by atoms with E-state index in [1.54, 1.807) is 24.3 Å². The highest BCUT2D eigenvalue weighted by Gasteiger charge is 2.01. The van der Waals surface area contributed by atoms with Crippen molar-refractivity contribution < 1.29 is 9.53 Å². The van der Waals surface area contributed by atoms with Gasteiger partial charge in [-0.15, -0.1) is 0 Å². The van der Waals surface area contributed by atoms with Crippen LogP contribution < -0.4 is 10.2 Å². The average molecular weight is 269 g/mol. The van der Waals surface area contributed by atoms with Crippen molar-refractivity contribution in [2.75, 3.05) is 6.61 Å². The first-order valence-corrected chi connectivity index (χ1v) is 6.20. The van der Waals surface area contributed by atoms with E-state index >= 15 is 0 Å². The molecule has 1 aromatic rings. The highest BCUT2D eigenvalue weighted by atomic mass is 35.5. The van der Waals surface area contributed by atoms with Gasteiger partial charge >= 0.3 is 0 Å². The molecular formula is C13H17ClN2O2. The molecule has 1 N–H and O–H groups in total. The number of ether oxygens (including phenoxy) is 1. The highest BCUT2D eigenvalue weighted by molar-refractivity contribution is 6.30. The molecule has 0 saturated heterocycles. The van der Waals surface area contributed by atoms with Crippen LogP contribution in [0.15, 0.2) is 29.4 Å². The smallest absolute Gasteiger partial charge is 0.277 e. The lowest BCUT2D eigenvalue weighted by molar-refractivity contribution is -0.123. The zero-order valence-electron chi connectivity index (χ0n) is 10.6. The molecule has 4 nitrogen and oxygen atoms in total. The van der Waals surface area contributed by atoms with Crippen LogP contribution in [0.25, 0.3) is 0 Å². The summed E-state index contributed by atoms with van der Waals surface area (Å²) in [6.07, 6.45) is 1.88. The maximum atomic E-state index is 11.4. The lowest BCUT2D eigenvalue weighted by Crippen LogP contribution is -2.25. The Kier molecular flexibility index (Phi) is 6.22. The third kappa shape index (κ3) is 5.68. The number of carbonyl (C=O) groups is 1. The second kappa shape index (κ2) is 7.71. The normalized spacial score (nSPS) is 11.2. The molecule has 0 unspecified atom stereocenters. The van der Waals surface area contributed by atoms with Gasteiger partial charge in [0.15, 0.2) is 6.61 Å². The molecule has 0 aliphatic rings. The largest absolute Gasteiger partial charge is 0.484 e. The molecule has 1 aromatic carbocycles. The van der Waals surface area contributed by atoms with E-state index in [9.17, 15) is 4.79 Å². The Balaban J connectivity index is 2.33. The van der Waals surface area contributed by atoms with Gasteiger partial charge in [-0.1, -0.05) is 24.9 Å². The van der Waals surface area contributed by atoms with Crippen molar-refractivity contribution in [3.05, 3.63) is 29.3 Å². The number of hydrogen-bond donors (Lipinski definition) is 1. The molecule has 0 fully saturated rings. The Morgan fingerprint density at radius 3 is 2.67 bits per heavy atom. The van der Waals surface area contributed by atoms with Crippen LogP contribution in [0.3, 0.4) is 0 Å². The molecular weight excluding hydrogens is 252 g/mol. The van der Waals surface area contributed by atoms with Crippen LogP contribution in [0.5, 0.6) is 5.75 Å². The minimum absolute atomic E-state index is 0.0649. The lowest BCUT2D eigenvalue weighted by atomic mass is 10.2. The molecule has 1 rings (SSSR count). The van der Waals surface area contributed by atoms with Crippen molar-refractivity contribution in [1.82, 2.24) is 5.43 Å². The highest BCUT2D eigenvalue weighted by Crippen LogP contribution is 2.15. The maximum absolute atomic E-state index is 11.4. The van der Waals surface area contributed by atoms with E-state index in [0.717, 1.165) is 18.6 Å². The first-order chi connectivity index (χ1) is 8.61. The van der Waals surface area contributed by atoms with Crippen LogP contribution in [0, 0.1) is 0 Å². The van der Waals surface area contributed by atoms with E-state index in [1.807, 2.05) is 6.92 Å². The maximum Gasteiger partial charge on any atom is 0.277 e. The molecule has 0 aromatic heterocycles. The van der Waals surface area contributed by atoms with Crippen molar-refractivity contribution in [1.29, 1.82) is 0 Å². The number of carbonyl (C=O) groups excluding carboxylic acids is 1. The fourth-order valence-electron chi connectivity index (χ4n) is 1.29. The van der Waals surface area contributed by atoms with Gasteiger partial charge in [-0.05, 0) is 37.6 Å². The van der Waals surface area contributed by atoms with Crippen LogP contribution in [-0.4, -0.2) is 18.2 Å². The molecule has 0 spiro atoms. The molecule has 0 aliphatic heterocycles. The Morgan fingerprint density at radius 2 is 2.06 bits per heavy atom. The Morgan fingerprint density at radius 1 is 1.39 bits per heavy atom. The number of hydrazone groups is 1. The number of amides is 1. The zero-order chi connectivity index (χ0) is 13.4. The molecule has 18 heavy (non-hydrogen) atoms. The van der Waals surface area contributed by atoms with Gasteiger partial charge in [0.05, 0.1) is 0 Å². The molecule has 5 heteroatoms. The standard InChI is InChI=1S/C13H17ClN2O2/c1-3-4-10(2)15-16-13(17)9-18-12-7-5-11(14)6-8-12/h5-8H,3-4,9H2,1-2H3,(H,16,17)/b15-10+. The van der Waals surface area contributed by atoms with Gasteiger partial charge in [0.1, 0.15) is 5.75 Å². The molecule has 1 amide bonds. The molecule has 0 radical (unpaired) electrons. The Labute approximate surface area is 112 Å². The number of nitrogens with one attached hydrogen (secondary N) is 1. The van der Waals surface area contributed by atoms with Crippen LogP contribution >= 0.6 is 11.6 Å². The van der Waals surface area contributed by atoms with Crippen LogP contribution in [0.2, 0.25) is 5.02 Å². The van der Waals surface area contributed by atoms with Crippen molar-refractivity contribution in [2.45, 2.75) is 26.7 Å². The summed E-state index contributed by atoms with van der Waals surface area (Å²) in [5.74, 6) is 0.323. The van der Waals surface area contributed by atoms with E-state index in [1.165, 1.54) is 0 Å². The number of benzene rings is 1. The molecule has 0 aliphatic carbocycles. The van der Waals surface area contributed by atoms with Crippen molar-refractivity contribution in [3.63, 3.8) is 0 Å². The third-order valence-electron chi connectivity index (χ3n) is 2.17. The van der Waals surface area contributed by atoms with E-state index in [-0.39, 0.29) is 12.5 Å². The van der Waals surface area contributed by atoms with Crippen LogP contribution in [0.1, 0.15) is 26.7 Å². The van der Waals surface area contributed by atoms with Crippen molar-refractivity contribution >= 4 is 23.2 Å². The average Bonchev–Trinajstić information content (AvgIpc) is 2.36. The van der Waals surface area contributed by atoms with Gasteiger partial charge in [0, 0.05) is 10.7 Å². The summed E-state index contributed by atoms with van der Waals surface area (Å²) in [6, 6.07) is 6.83. The SMILES string of the molecule is CCC/C(C)=N/NC(=O)COc1ccc(Cl)cc1. The summed E-state index contributed by atoms with van der Waals surface area (Å²) < 4.78 is 5.28. The zero-order valence-corrected chi connectivity index (χ0v) is 11.3. The van der Waals surface area contributed by atoms with Gasteiger partial charge in [0.25, 0.3) is 5.91 Å². The first kappa shape index (κ1) is 14.5. The van der Waals surface area contributed by atoms with Crippen LogP contribution in [0.4, 0.5) is 0 Å². The molecule has 0 atom stereocenters. The molecule has 0 saturated carbocycles. The van der Waals surface area contributed by atoms with Gasteiger partial charge in [0.2, 0.25) is 0 Å². The predicted molar refractivity (Wildman–Crippen MR) is 73.1 cm³/mol. The van der Waals surface area contributed by atoms with E-state index in [4.69, 9.17) is 16.3 Å². The summed E-state index contributed by atoms with van der Waals surface area (Å²) in [4.78, 5) is 11.4. The summed E-state index contributed by atoms with van der Waals surface area (Å²) in [6.45, 7) is 3.87. The van der Waals surface area contributed by atoms with Crippen molar-refractivity contribution in [3.8, 4) is 5.75 Å². The van der Waals surface area contributed by atoms with Crippen molar-refractivity contribution in [2.24, 2.45) is 5.10 Å². The number of halogens is 1. The lowest BCUT2D eigenvalue weighted by Gasteiger charge is -2.05. The van der Waals surface area contributed by atoms with Gasteiger partial charge in [-0.25, -0.2) is 5.43 Å². The van der Waals surface area contributed by atoms with E-state index in [2.05, 4.69) is 17.5 Å². The summed E-state index contributed by atoms with van der Waals surface area (Å²) in [7, 11) is 0.